The summed E-state index contributed by atoms with van der Waals surface area (Å²) in [6, 6.07) is 15.6. The molecular formula is C21H22N2O3. The molecule has 1 aliphatic carbocycles. The molecule has 1 heterocycles. The Morgan fingerprint density at radius 1 is 1.12 bits per heavy atom. The van der Waals surface area contributed by atoms with Crippen LogP contribution in [-0.2, 0) is 22.6 Å². The van der Waals surface area contributed by atoms with E-state index in [1.54, 1.807) is 7.11 Å². The Kier molecular flexibility index (Phi) is 4.37. The number of benzene rings is 2. The topological polar surface area (TPSA) is 58.6 Å². The number of nitrogens with zero attached hydrogens (tertiary/aromatic N) is 1. The fourth-order valence-electron chi connectivity index (χ4n) is 3.59. The van der Waals surface area contributed by atoms with E-state index in [0.717, 1.165) is 30.0 Å². The molecule has 5 nitrogen and oxygen atoms in total. The van der Waals surface area contributed by atoms with Crippen molar-refractivity contribution in [3.63, 3.8) is 0 Å². The van der Waals surface area contributed by atoms with Gasteiger partial charge in [0.05, 0.1) is 18.9 Å². The number of nitrogens with one attached hydrogen (secondary N) is 1. The smallest absolute Gasteiger partial charge is 0.230 e. The van der Waals surface area contributed by atoms with Gasteiger partial charge in [-0.25, -0.2) is 0 Å². The van der Waals surface area contributed by atoms with Gasteiger partial charge in [0, 0.05) is 18.8 Å². The van der Waals surface area contributed by atoms with Gasteiger partial charge < -0.3 is 15.0 Å². The number of hydrogen-bond donors (Lipinski definition) is 1. The van der Waals surface area contributed by atoms with Crippen molar-refractivity contribution < 1.29 is 14.3 Å². The molecule has 4 rings (SSSR count). The predicted molar refractivity (Wildman–Crippen MR) is 98.9 cm³/mol. The van der Waals surface area contributed by atoms with Crippen LogP contribution in [0.5, 0.6) is 5.75 Å². The summed E-state index contributed by atoms with van der Waals surface area (Å²) in [5, 5.41) is 2.94. The zero-order valence-electron chi connectivity index (χ0n) is 14.8. The Balaban J connectivity index is 1.32. The van der Waals surface area contributed by atoms with Crippen LogP contribution in [0.4, 0.5) is 5.69 Å². The van der Waals surface area contributed by atoms with E-state index in [9.17, 15) is 9.59 Å². The van der Waals surface area contributed by atoms with Gasteiger partial charge in [0.1, 0.15) is 5.75 Å². The molecule has 2 unspecified atom stereocenters. The molecular weight excluding hydrogens is 328 g/mol. The Hall–Kier alpha value is -2.82. The lowest BCUT2D eigenvalue weighted by molar-refractivity contribution is -0.126. The number of fused-ring (bicyclic) bond motifs is 1. The molecule has 0 saturated heterocycles. The molecule has 0 spiro atoms. The van der Waals surface area contributed by atoms with E-state index in [4.69, 9.17) is 4.74 Å². The molecule has 1 N–H and O–H groups in total. The quantitative estimate of drug-likeness (QED) is 0.901. The van der Waals surface area contributed by atoms with Crippen LogP contribution in [0.25, 0.3) is 0 Å². The largest absolute Gasteiger partial charge is 0.497 e. The summed E-state index contributed by atoms with van der Waals surface area (Å²) < 4.78 is 5.13. The van der Waals surface area contributed by atoms with Crippen molar-refractivity contribution in [2.75, 3.05) is 18.6 Å². The summed E-state index contributed by atoms with van der Waals surface area (Å²) >= 11 is 0. The van der Waals surface area contributed by atoms with E-state index in [1.165, 1.54) is 5.56 Å². The number of amides is 2. The highest BCUT2D eigenvalue weighted by Crippen LogP contribution is 2.42. The van der Waals surface area contributed by atoms with Gasteiger partial charge in [-0.1, -0.05) is 30.3 Å². The molecule has 26 heavy (non-hydrogen) atoms. The molecule has 0 bridgehead atoms. The zero-order valence-corrected chi connectivity index (χ0v) is 14.8. The molecule has 5 heteroatoms. The lowest BCUT2D eigenvalue weighted by Gasteiger charge is -2.17. The number of ether oxygens (including phenoxy) is 1. The SMILES string of the molecule is COc1ccc(CNC(=O)C2CC2C(=O)N2CCc3ccccc32)cc1. The van der Waals surface area contributed by atoms with Crippen molar-refractivity contribution in [3.05, 3.63) is 59.7 Å². The van der Waals surface area contributed by atoms with E-state index in [-0.39, 0.29) is 23.7 Å². The zero-order chi connectivity index (χ0) is 18.1. The maximum Gasteiger partial charge on any atom is 0.230 e. The van der Waals surface area contributed by atoms with Crippen LogP contribution < -0.4 is 15.0 Å². The van der Waals surface area contributed by atoms with Gasteiger partial charge in [-0.3, -0.25) is 9.59 Å². The fourth-order valence-corrected chi connectivity index (χ4v) is 3.59. The molecule has 2 atom stereocenters. The molecule has 2 aromatic carbocycles. The van der Waals surface area contributed by atoms with Crippen molar-refractivity contribution in [1.82, 2.24) is 5.32 Å². The minimum absolute atomic E-state index is 0.0355. The molecule has 2 amide bonds. The Labute approximate surface area is 153 Å². The average molecular weight is 350 g/mol. The Bertz CT molecular complexity index is 831. The van der Waals surface area contributed by atoms with Crippen LogP contribution >= 0.6 is 0 Å². The molecule has 1 aliphatic heterocycles. The number of carbonyl (C=O) groups excluding carboxylic acids is 2. The maximum absolute atomic E-state index is 12.8. The highest BCUT2D eigenvalue weighted by molar-refractivity contribution is 6.02. The summed E-state index contributed by atoms with van der Waals surface area (Å²) in [6.45, 7) is 1.18. The van der Waals surface area contributed by atoms with Crippen LogP contribution in [0.3, 0.4) is 0 Å². The number of hydrogen-bond acceptors (Lipinski definition) is 3. The van der Waals surface area contributed by atoms with Gasteiger partial charge in [0.15, 0.2) is 0 Å². The first-order valence-corrected chi connectivity index (χ1v) is 8.97. The highest BCUT2D eigenvalue weighted by Gasteiger charge is 2.50. The molecule has 134 valence electrons. The second-order valence-electron chi connectivity index (χ2n) is 6.88. The van der Waals surface area contributed by atoms with E-state index in [2.05, 4.69) is 11.4 Å². The summed E-state index contributed by atoms with van der Waals surface area (Å²) in [6.07, 6.45) is 1.54. The van der Waals surface area contributed by atoms with E-state index < -0.39 is 0 Å². The molecule has 2 aliphatic rings. The van der Waals surface area contributed by atoms with Crippen molar-refractivity contribution in [2.24, 2.45) is 11.8 Å². The summed E-state index contributed by atoms with van der Waals surface area (Å²) in [7, 11) is 1.62. The normalized spacial score (nSPS) is 20.4. The van der Waals surface area contributed by atoms with Gasteiger partial charge in [-0.2, -0.15) is 0 Å². The number of carbonyl (C=O) groups is 2. The van der Waals surface area contributed by atoms with E-state index in [1.807, 2.05) is 47.4 Å². The third-order valence-corrected chi connectivity index (χ3v) is 5.22. The van der Waals surface area contributed by atoms with Gasteiger partial charge in [-0.15, -0.1) is 0 Å². The Morgan fingerprint density at radius 3 is 2.65 bits per heavy atom. The minimum Gasteiger partial charge on any atom is -0.497 e. The van der Waals surface area contributed by atoms with Crippen LogP contribution in [-0.4, -0.2) is 25.5 Å². The number of para-hydroxylation sites is 1. The molecule has 1 fully saturated rings. The first-order chi connectivity index (χ1) is 12.7. The minimum atomic E-state index is -0.200. The molecule has 0 aromatic heterocycles. The third-order valence-electron chi connectivity index (χ3n) is 5.22. The first-order valence-electron chi connectivity index (χ1n) is 8.97. The molecule has 0 radical (unpaired) electrons. The van der Waals surface area contributed by atoms with Crippen molar-refractivity contribution >= 4 is 17.5 Å². The summed E-state index contributed by atoms with van der Waals surface area (Å²) in [4.78, 5) is 27.0. The average Bonchev–Trinajstić information content (AvgIpc) is 3.38. The van der Waals surface area contributed by atoms with Crippen LogP contribution in [0.2, 0.25) is 0 Å². The number of methoxy groups -OCH3 is 1. The summed E-state index contributed by atoms with van der Waals surface area (Å²) in [5.74, 6) is 0.454. The standard InChI is InChI=1S/C21H22N2O3/c1-26-16-8-6-14(7-9-16)13-22-20(24)17-12-18(17)21(25)23-11-10-15-4-2-3-5-19(15)23/h2-9,17-18H,10-13H2,1H3,(H,22,24). The predicted octanol–water partition coefficient (Wildman–Crippen LogP) is 2.54. The maximum atomic E-state index is 12.8. The van der Waals surface area contributed by atoms with Gasteiger partial charge in [0.2, 0.25) is 11.8 Å². The Morgan fingerprint density at radius 2 is 1.88 bits per heavy atom. The second-order valence-corrected chi connectivity index (χ2v) is 6.88. The van der Waals surface area contributed by atoms with Gasteiger partial charge >= 0.3 is 0 Å². The van der Waals surface area contributed by atoms with Gasteiger partial charge in [0.25, 0.3) is 0 Å². The monoisotopic (exact) mass is 350 g/mol. The first kappa shape index (κ1) is 16.6. The van der Waals surface area contributed by atoms with Crippen molar-refractivity contribution in [3.8, 4) is 5.75 Å². The molecule has 2 aromatic rings. The van der Waals surface area contributed by atoms with E-state index >= 15 is 0 Å². The lowest BCUT2D eigenvalue weighted by atomic mass is 10.2. The van der Waals surface area contributed by atoms with Crippen molar-refractivity contribution in [1.29, 1.82) is 0 Å². The van der Waals surface area contributed by atoms with E-state index in [0.29, 0.717) is 13.0 Å². The highest BCUT2D eigenvalue weighted by atomic mass is 16.5. The second kappa shape index (κ2) is 6.83. The summed E-state index contributed by atoms with van der Waals surface area (Å²) in [5.41, 5.74) is 3.22. The van der Waals surface area contributed by atoms with Crippen LogP contribution in [0.1, 0.15) is 17.5 Å². The lowest BCUT2D eigenvalue weighted by Crippen LogP contribution is -2.33. The molecule has 1 saturated carbocycles. The number of rotatable bonds is 5. The van der Waals surface area contributed by atoms with Gasteiger partial charge in [-0.05, 0) is 42.2 Å². The van der Waals surface area contributed by atoms with Crippen LogP contribution in [0.15, 0.2) is 48.5 Å². The third kappa shape index (κ3) is 3.17. The fraction of sp³-hybridized carbons (Fsp3) is 0.333. The number of anilines is 1. The van der Waals surface area contributed by atoms with Crippen molar-refractivity contribution in [2.45, 2.75) is 19.4 Å². The van der Waals surface area contributed by atoms with Crippen LogP contribution in [0, 0.1) is 11.8 Å².